The smallest absolute Gasteiger partial charge is 0.324 e. The molecule has 0 aliphatic carbocycles. The molecule has 0 spiro atoms. The number of carbonyl (C=O) groups excluding carboxylic acids is 1. The number of sulfonamides is 1. The Morgan fingerprint density at radius 1 is 0.821 bits per heavy atom. The van der Waals surface area contributed by atoms with E-state index in [-0.39, 0.29) is 10.6 Å². The number of rotatable bonds is 9. The number of hydrogen-bond acceptors (Lipinski definition) is 8. The molecule has 4 rings (SSSR count). The first-order valence-corrected chi connectivity index (χ1v) is 13.2. The van der Waals surface area contributed by atoms with Crippen molar-refractivity contribution < 1.29 is 42.1 Å². The summed E-state index contributed by atoms with van der Waals surface area (Å²) in [7, 11) is 1.38. The number of benzene rings is 3. The van der Waals surface area contributed by atoms with Gasteiger partial charge in [0.15, 0.2) is 23.0 Å². The molecule has 3 aromatic carbocycles. The Kier molecular flexibility index (Phi) is 7.98. The van der Waals surface area contributed by atoms with Crippen LogP contribution in [0.2, 0.25) is 0 Å². The van der Waals surface area contributed by atoms with Crippen molar-refractivity contribution in [1.82, 2.24) is 4.31 Å². The first kappa shape index (κ1) is 27.7. The van der Waals surface area contributed by atoms with Crippen molar-refractivity contribution in [2.75, 3.05) is 39.9 Å². The van der Waals surface area contributed by atoms with Crippen LogP contribution in [0.5, 0.6) is 23.0 Å². The summed E-state index contributed by atoms with van der Waals surface area (Å²) in [4.78, 5) is 27.8. The van der Waals surface area contributed by atoms with Crippen molar-refractivity contribution in [1.29, 1.82) is 0 Å². The molecule has 1 aliphatic heterocycles. The molecule has 1 N–H and O–H groups in total. The Morgan fingerprint density at radius 2 is 1.38 bits per heavy atom. The number of anilines is 1. The second-order valence-corrected chi connectivity index (χ2v) is 10.4. The molecule has 12 heteroatoms. The molecular formula is C27H28N2O9S. The number of methoxy groups -OCH3 is 4. The summed E-state index contributed by atoms with van der Waals surface area (Å²) in [6.07, 6.45) is 0. The van der Waals surface area contributed by atoms with Crippen LogP contribution in [0.1, 0.15) is 11.6 Å². The van der Waals surface area contributed by atoms with Gasteiger partial charge in [0.2, 0.25) is 15.9 Å². The van der Waals surface area contributed by atoms with Gasteiger partial charge in [-0.25, -0.2) is 8.42 Å². The Hall–Kier alpha value is -4.29. The zero-order valence-electron chi connectivity index (χ0n) is 21.7. The van der Waals surface area contributed by atoms with Gasteiger partial charge in [0.1, 0.15) is 6.04 Å². The molecule has 2 atom stereocenters. The van der Waals surface area contributed by atoms with E-state index in [1.165, 1.54) is 69.7 Å². The molecule has 0 aromatic heterocycles. The van der Waals surface area contributed by atoms with Crippen LogP contribution in [0.4, 0.5) is 5.69 Å². The summed E-state index contributed by atoms with van der Waals surface area (Å²) < 4.78 is 49.5. The van der Waals surface area contributed by atoms with Crippen molar-refractivity contribution in [2.45, 2.75) is 17.0 Å². The summed E-state index contributed by atoms with van der Waals surface area (Å²) in [5, 5.41) is 10.5. The van der Waals surface area contributed by atoms with Gasteiger partial charge in [-0.05, 0) is 42.0 Å². The molecule has 0 bridgehead atoms. The van der Waals surface area contributed by atoms with E-state index in [1.807, 2.05) is 0 Å². The van der Waals surface area contributed by atoms with E-state index in [2.05, 4.69) is 0 Å². The first-order valence-electron chi connectivity index (χ1n) is 11.7. The molecule has 206 valence electrons. The highest BCUT2D eigenvalue weighted by Gasteiger charge is 2.51. The molecule has 0 saturated carbocycles. The van der Waals surface area contributed by atoms with Crippen LogP contribution in [0.3, 0.4) is 0 Å². The third kappa shape index (κ3) is 5.08. The highest BCUT2D eigenvalue weighted by molar-refractivity contribution is 7.89. The van der Waals surface area contributed by atoms with Crippen molar-refractivity contribution in [3.63, 3.8) is 0 Å². The molecule has 1 amide bonds. The highest BCUT2D eigenvalue weighted by Crippen LogP contribution is 2.43. The molecule has 1 fully saturated rings. The average Bonchev–Trinajstić information content (AvgIpc) is 2.96. The van der Waals surface area contributed by atoms with Gasteiger partial charge in [-0.3, -0.25) is 9.59 Å². The predicted molar refractivity (Wildman–Crippen MR) is 141 cm³/mol. The van der Waals surface area contributed by atoms with Gasteiger partial charge in [0, 0.05) is 11.8 Å². The summed E-state index contributed by atoms with van der Waals surface area (Å²) in [5.74, 6) is -0.716. The van der Waals surface area contributed by atoms with Crippen LogP contribution in [-0.4, -0.2) is 70.7 Å². The summed E-state index contributed by atoms with van der Waals surface area (Å²) in [5.41, 5.74) is 0.608. The van der Waals surface area contributed by atoms with Crippen LogP contribution < -0.4 is 23.8 Å². The minimum Gasteiger partial charge on any atom is -0.493 e. The summed E-state index contributed by atoms with van der Waals surface area (Å²) >= 11 is 0. The quantitative estimate of drug-likeness (QED) is 0.422. The molecule has 39 heavy (non-hydrogen) atoms. The lowest BCUT2D eigenvalue weighted by Gasteiger charge is -2.44. The Labute approximate surface area is 226 Å². The van der Waals surface area contributed by atoms with Crippen LogP contribution in [-0.2, 0) is 19.6 Å². The lowest BCUT2D eigenvalue weighted by Crippen LogP contribution is -2.62. The zero-order chi connectivity index (χ0) is 28.3. The first-order chi connectivity index (χ1) is 18.7. The van der Waals surface area contributed by atoms with Gasteiger partial charge in [0.25, 0.3) is 0 Å². The largest absolute Gasteiger partial charge is 0.493 e. The maximum atomic E-state index is 13.8. The molecule has 3 aromatic rings. The molecule has 1 saturated heterocycles. The van der Waals surface area contributed by atoms with Crippen LogP contribution in [0.15, 0.2) is 71.6 Å². The monoisotopic (exact) mass is 556 g/mol. The Balaban J connectivity index is 1.96. The van der Waals surface area contributed by atoms with E-state index >= 15 is 0 Å². The minimum absolute atomic E-state index is 0.130. The van der Waals surface area contributed by atoms with Gasteiger partial charge in [0.05, 0.1) is 45.9 Å². The van der Waals surface area contributed by atoms with Gasteiger partial charge in [-0.2, -0.15) is 4.31 Å². The van der Waals surface area contributed by atoms with E-state index in [4.69, 9.17) is 18.9 Å². The molecular weight excluding hydrogens is 528 g/mol. The second kappa shape index (κ2) is 11.2. The third-order valence-corrected chi connectivity index (χ3v) is 8.29. The number of carbonyl (C=O) groups is 2. The van der Waals surface area contributed by atoms with Gasteiger partial charge >= 0.3 is 5.97 Å². The number of hydrogen-bond donors (Lipinski definition) is 1. The van der Waals surface area contributed by atoms with Crippen molar-refractivity contribution in [3.8, 4) is 23.0 Å². The molecule has 11 nitrogen and oxygen atoms in total. The van der Waals surface area contributed by atoms with Crippen LogP contribution in [0.25, 0.3) is 0 Å². The number of ether oxygens (including phenoxy) is 4. The van der Waals surface area contributed by atoms with Crippen molar-refractivity contribution >= 4 is 27.6 Å². The van der Waals surface area contributed by atoms with Crippen molar-refractivity contribution in [2.24, 2.45) is 0 Å². The predicted octanol–water partition coefficient (Wildman–Crippen LogP) is 2.95. The maximum absolute atomic E-state index is 13.8. The van der Waals surface area contributed by atoms with E-state index < -0.39 is 40.5 Å². The van der Waals surface area contributed by atoms with E-state index in [0.29, 0.717) is 28.5 Å². The van der Waals surface area contributed by atoms with E-state index in [0.717, 1.165) is 4.31 Å². The Morgan fingerprint density at radius 3 is 1.95 bits per heavy atom. The number of piperazine rings is 1. The van der Waals surface area contributed by atoms with E-state index in [1.54, 1.807) is 30.3 Å². The van der Waals surface area contributed by atoms with Crippen LogP contribution >= 0.6 is 0 Å². The normalized spacial score (nSPS) is 17.9. The minimum atomic E-state index is -4.38. The summed E-state index contributed by atoms with van der Waals surface area (Å²) in [6.45, 7) is -0.702. The molecule has 1 aliphatic rings. The fourth-order valence-corrected chi connectivity index (χ4v) is 6.19. The van der Waals surface area contributed by atoms with Gasteiger partial charge < -0.3 is 29.0 Å². The fraction of sp³-hybridized carbons (Fsp3) is 0.259. The van der Waals surface area contributed by atoms with E-state index in [9.17, 15) is 23.1 Å². The lowest BCUT2D eigenvalue weighted by molar-refractivity contribution is -0.144. The topological polar surface area (TPSA) is 132 Å². The molecule has 0 radical (unpaired) electrons. The summed E-state index contributed by atoms with van der Waals surface area (Å²) in [6, 6.07) is 13.8. The van der Waals surface area contributed by atoms with Crippen molar-refractivity contribution in [3.05, 3.63) is 72.3 Å². The zero-order valence-corrected chi connectivity index (χ0v) is 22.5. The SMILES string of the molecule is COc1ccc(C2C(C(=O)O)N(S(=O)(=O)c3ccccc3)CC(=O)N2c2ccc(OC)c(OC)c2)cc1OC. The number of aliphatic carboxylic acids is 1. The average molecular weight is 557 g/mol. The maximum Gasteiger partial charge on any atom is 0.324 e. The fourth-order valence-electron chi connectivity index (χ4n) is 4.63. The van der Waals surface area contributed by atoms with Crippen LogP contribution in [0, 0.1) is 0 Å². The van der Waals surface area contributed by atoms with Gasteiger partial charge in [-0.1, -0.05) is 24.3 Å². The number of carboxylic acids is 1. The Bertz CT molecular complexity index is 1480. The number of carboxylic acid groups (broad SMARTS) is 1. The molecule has 2 unspecified atom stereocenters. The lowest BCUT2D eigenvalue weighted by atomic mass is 9.93. The third-order valence-electron chi connectivity index (χ3n) is 6.44. The molecule has 1 heterocycles. The number of nitrogens with zero attached hydrogens (tertiary/aromatic N) is 2. The standard InChI is InChI=1S/C27H28N2O9S/c1-35-20-12-10-17(14-22(20)37-3)25-26(27(31)32)28(39(33,34)19-8-6-5-7-9-19)16-24(30)29(25)18-11-13-21(36-2)23(15-18)38-4/h5-15,25-26H,16H2,1-4H3,(H,31,32). The highest BCUT2D eigenvalue weighted by atomic mass is 32.2. The number of amides is 1. The second-order valence-electron chi connectivity index (χ2n) is 8.51. The van der Waals surface area contributed by atoms with Gasteiger partial charge in [-0.15, -0.1) is 0 Å².